The van der Waals surface area contributed by atoms with Gasteiger partial charge < -0.3 is 4.74 Å². The van der Waals surface area contributed by atoms with Crippen LogP contribution < -0.4 is 0 Å². The summed E-state index contributed by atoms with van der Waals surface area (Å²) in [4.78, 5) is 11.5. The quantitative estimate of drug-likeness (QED) is 0.164. The Kier molecular flexibility index (Phi) is 17.0. The molecular weight excluding hydrogens is 284 g/mol. The Bertz CT molecular complexity index is 273. The second kappa shape index (κ2) is 17.6. The van der Waals surface area contributed by atoms with Crippen molar-refractivity contribution in [3.05, 3.63) is 12.7 Å². The Labute approximate surface area is 145 Å². The second-order valence-electron chi connectivity index (χ2n) is 6.73. The van der Waals surface area contributed by atoms with Gasteiger partial charge in [-0.2, -0.15) is 0 Å². The number of hydrogen-bond donors (Lipinski definition) is 0. The second-order valence-corrected chi connectivity index (χ2v) is 6.73. The summed E-state index contributed by atoms with van der Waals surface area (Å²) in [5.41, 5.74) is 0. The van der Waals surface area contributed by atoms with Crippen LogP contribution in [0.4, 0.5) is 0 Å². The zero-order valence-electron chi connectivity index (χ0n) is 15.8. The van der Waals surface area contributed by atoms with Gasteiger partial charge in [0.05, 0.1) is 0 Å². The third-order valence-electron chi connectivity index (χ3n) is 4.46. The van der Waals surface area contributed by atoms with Gasteiger partial charge in [-0.05, 0) is 25.7 Å². The molecule has 0 heterocycles. The molecule has 0 bridgehead atoms. The molecule has 0 aliphatic heterocycles. The molecule has 0 aromatic heterocycles. The molecule has 0 N–H and O–H groups in total. The summed E-state index contributed by atoms with van der Waals surface area (Å²) in [6.45, 7) is 8.00. The average Bonchev–Trinajstić information content (AvgIpc) is 2.56. The van der Waals surface area contributed by atoms with Crippen LogP contribution in [0.25, 0.3) is 0 Å². The minimum Gasteiger partial charge on any atom is -0.459 e. The van der Waals surface area contributed by atoms with E-state index in [-0.39, 0.29) is 12.1 Å². The largest absolute Gasteiger partial charge is 0.459 e. The normalized spacial score (nSPS) is 12.1. The third kappa shape index (κ3) is 15.9. The summed E-state index contributed by atoms with van der Waals surface area (Å²) < 4.78 is 5.52. The first-order valence-electron chi connectivity index (χ1n) is 10.1. The highest BCUT2D eigenvalue weighted by Crippen LogP contribution is 2.17. The van der Waals surface area contributed by atoms with Gasteiger partial charge in [0.15, 0.2) is 0 Å². The van der Waals surface area contributed by atoms with E-state index in [2.05, 4.69) is 20.4 Å². The van der Waals surface area contributed by atoms with Crippen LogP contribution in [0.3, 0.4) is 0 Å². The number of hydrogen-bond acceptors (Lipinski definition) is 2. The minimum absolute atomic E-state index is 0.0994. The van der Waals surface area contributed by atoms with E-state index in [0.717, 1.165) is 12.8 Å². The lowest BCUT2D eigenvalue weighted by Crippen LogP contribution is -2.16. The lowest BCUT2D eigenvalue weighted by atomic mass is 10.0. The summed E-state index contributed by atoms with van der Waals surface area (Å²) in [6.07, 6.45) is 20.3. The molecular formula is C21H40O2. The van der Waals surface area contributed by atoms with Crippen molar-refractivity contribution in [3.8, 4) is 0 Å². The highest BCUT2D eigenvalue weighted by Gasteiger charge is 2.12. The summed E-state index contributed by atoms with van der Waals surface area (Å²) in [7, 11) is 0. The Morgan fingerprint density at radius 3 is 1.57 bits per heavy atom. The Hall–Kier alpha value is -0.790. The van der Waals surface area contributed by atoms with Gasteiger partial charge in [-0.15, -0.1) is 0 Å². The van der Waals surface area contributed by atoms with Crippen molar-refractivity contribution in [1.82, 2.24) is 0 Å². The van der Waals surface area contributed by atoms with E-state index in [9.17, 15) is 4.79 Å². The van der Waals surface area contributed by atoms with Crippen molar-refractivity contribution in [2.24, 2.45) is 0 Å². The monoisotopic (exact) mass is 324 g/mol. The molecule has 0 aliphatic carbocycles. The standard InChI is InChI=1S/C21H40O2/c1-4-7-9-11-13-15-17-19-20(23-21(22)6-3)18-16-14-12-10-8-5-2/h6,20H,3-5,7-19H2,1-2H3. The topological polar surface area (TPSA) is 26.3 Å². The van der Waals surface area contributed by atoms with Crippen LogP contribution >= 0.6 is 0 Å². The molecule has 2 heteroatoms. The fraction of sp³-hybridized carbons (Fsp3) is 0.857. The molecule has 0 fully saturated rings. The average molecular weight is 325 g/mol. The lowest BCUT2D eigenvalue weighted by molar-refractivity contribution is -0.143. The molecule has 0 aromatic rings. The molecule has 0 spiro atoms. The number of unbranched alkanes of at least 4 members (excludes halogenated alkanes) is 11. The van der Waals surface area contributed by atoms with Crippen molar-refractivity contribution in [3.63, 3.8) is 0 Å². The van der Waals surface area contributed by atoms with E-state index in [1.807, 2.05) is 0 Å². The highest BCUT2D eigenvalue weighted by molar-refractivity contribution is 5.81. The van der Waals surface area contributed by atoms with Gasteiger partial charge >= 0.3 is 5.97 Å². The van der Waals surface area contributed by atoms with Gasteiger partial charge in [0.25, 0.3) is 0 Å². The lowest BCUT2D eigenvalue weighted by Gasteiger charge is -2.17. The number of ether oxygens (including phenoxy) is 1. The molecule has 1 unspecified atom stereocenters. The molecule has 2 nitrogen and oxygen atoms in total. The molecule has 0 amide bonds. The van der Waals surface area contributed by atoms with Crippen LogP contribution in [0.2, 0.25) is 0 Å². The van der Waals surface area contributed by atoms with E-state index in [4.69, 9.17) is 4.74 Å². The van der Waals surface area contributed by atoms with Crippen LogP contribution in [0.1, 0.15) is 110 Å². The third-order valence-corrected chi connectivity index (χ3v) is 4.46. The van der Waals surface area contributed by atoms with E-state index in [1.165, 1.54) is 89.5 Å². The first kappa shape index (κ1) is 22.2. The number of rotatable bonds is 17. The maximum Gasteiger partial charge on any atom is 0.330 e. The zero-order valence-corrected chi connectivity index (χ0v) is 15.8. The van der Waals surface area contributed by atoms with Gasteiger partial charge in [0.1, 0.15) is 6.10 Å². The molecule has 0 rings (SSSR count). The molecule has 1 atom stereocenters. The SMILES string of the molecule is C=CC(=O)OC(CCCCCCCC)CCCCCCCCC. The molecule has 136 valence electrons. The summed E-state index contributed by atoms with van der Waals surface area (Å²) in [5.74, 6) is -0.260. The number of carbonyl (C=O) groups is 1. The van der Waals surface area contributed by atoms with E-state index in [0.29, 0.717) is 0 Å². The van der Waals surface area contributed by atoms with Gasteiger partial charge in [-0.1, -0.05) is 91.1 Å². The first-order chi connectivity index (χ1) is 11.2. The van der Waals surface area contributed by atoms with E-state index in [1.54, 1.807) is 0 Å². The fourth-order valence-corrected chi connectivity index (χ4v) is 2.96. The van der Waals surface area contributed by atoms with Crippen molar-refractivity contribution >= 4 is 5.97 Å². The minimum atomic E-state index is -0.260. The molecule has 0 radical (unpaired) electrons. The molecule has 0 saturated carbocycles. The fourth-order valence-electron chi connectivity index (χ4n) is 2.96. The highest BCUT2D eigenvalue weighted by atomic mass is 16.5. The van der Waals surface area contributed by atoms with E-state index >= 15 is 0 Å². The predicted octanol–water partition coefficient (Wildman–Crippen LogP) is 6.98. The van der Waals surface area contributed by atoms with Gasteiger partial charge in [0, 0.05) is 6.08 Å². The van der Waals surface area contributed by atoms with Crippen LogP contribution in [-0.4, -0.2) is 12.1 Å². The molecule has 0 aromatic carbocycles. The molecule has 0 saturated heterocycles. The van der Waals surface area contributed by atoms with Gasteiger partial charge in [-0.3, -0.25) is 0 Å². The van der Waals surface area contributed by atoms with Gasteiger partial charge in [-0.25, -0.2) is 4.79 Å². The first-order valence-corrected chi connectivity index (χ1v) is 10.1. The van der Waals surface area contributed by atoms with Gasteiger partial charge in [0.2, 0.25) is 0 Å². The van der Waals surface area contributed by atoms with Crippen molar-refractivity contribution in [2.45, 2.75) is 116 Å². The van der Waals surface area contributed by atoms with Crippen LogP contribution in [0, 0.1) is 0 Å². The van der Waals surface area contributed by atoms with Crippen LogP contribution in [0.5, 0.6) is 0 Å². The Morgan fingerprint density at radius 2 is 1.17 bits per heavy atom. The summed E-state index contributed by atoms with van der Waals surface area (Å²) in [6, 6.07) is 0. The maximum absolute atomic E-state index is 11.5. The number of esters is 1. The maximum atomic E-state index is 11.5. The predicted molar refractivity (Wildman–Crippen MR) is 101 cm³/mol. The van der Waals surface area contributed by atoms with Crippen molar-refractivity contribution in [2.75, 3.05) is 0 Å². The molecule has 0 aliphatic rings. The van der Waals surface area contributed by atoms with Crippen LogP contribution in [0.15, 0.2) is 12.7 Å². The van der Waals surface area contributed by atoms with Crippen molar-refractivity contribution in [1.29, 1.82) is 0 Å². The number of carbonyl (C=O) groups excluding carboxylic acids is 1. The summed E-state index contributed by atoms with van der Waals surface area (Å²) >= 11 is 0. The zero-order chi connectivity index (χ0) is 17.2. The summed E-state index contributed by atoms with van der Waals surface area (Å²) in [5, 5.41) is 0. The van der Waals surface area contributed by atoms with Crippen molar-refractivity contribution < 1.29 is 9.53 Å². The smallest absolute Gasteiger partial charge is 0.330 e. The van der Waals surface area contributed by atoms with Crippen LogP contribution in [-0.2, 0) is 9.53 Å². The Morgan fingerprint density at radius 1 is 0.783 bits per heavy atom. The van der Waals surface area contributed by atoms with E-state index < -0.39 is 0 Å². The Balaban J connectivity index is 3.77. The molecule has 23 heavy (non-hydrogen) atoms.